The number of aliphatic carboxylic acids is 1. The number of imidazole rings is 1. The molecule has 2 unspecified atom stereocenters. The highest BCUT2D eigenvalue weighted by Crippen LogP contribution is 2.46. The van der Waals surface area contributed by atoms with Crippen molar-refractivity contribution in [3.05, 3.63) is 48.0 Å². The van der Waals surface area contributed by atoms with E-state index in [-0.39, 0.29) is 23.6 Å². The predicted molar refractivity (Wildman–Crippen MR) is 128 cm³/mol. The third-order valence-corrected chi connectivity index (χ3v) is 6.45. The van der Waals surface area contributed by atoms with Crippen LogP contribution in [0, 0.1) is 11.3 Å². The molecule has 2 aromatic carbocycles. The van der Waals surface area contributed by atoms with Crippen molar-refractivity contribution in [3.63, 3.8) is 0 Å². The number of nitrogens with one attached hydrogen (secondary N) is 1. The molecule has 0 aliphatic heterocycles. The van der Waals surface area contributed by atoms with E-state index in [1.54, 1.807) is 0 Å². The first-order valence-electron chi connectivity index (χ1n) is 11.7. The number of benzene rings is 2. The molecule has 1 fully saturated rings. The fourth-order valence-corrected chi connectivity index (χ4v) is 5.37. The van der Waals surface area contributed by atoms with Crippen molar-refractivity contribution < 1.29 is 27.8 Å². The Kier molecular flexibility index (Phi) is 6.71. The van der Waals surface area contributed by atoms with E-state index in [4.69, 9.17) is 10.1 Å². The number of carbonyl (C=O) groups is 1. The van der Waals surface area contributed by atoms with E-state index in [9.17, 15) is 18.0 Å². The number of aromatic nitrogens is 2. The fraction of sp³-hybridized carbons (Fsp3) is 0.462. The fourth-order valence-electron chi connectivity index (χ4n) is 5.37. The molecule has 1 aliphatic rings. The summed E-state index contributed by atoms with van der Waals surface area (Å²) in [4.78, 5) is 15.8. The van der Waals surface area contributed by atoms with Gasteiger partial charge in [-0.05, 0) is 79.0 Å². The molecule has 6 nitrogen and oxygen atoms in total. The summed E-state index contributed by atoms with van der Waals surface area (Å²) >= 11 is 0. The van der Waals surface area contributed by atoms with Crippen LogP contribution in [0.1, 0.15) is 58.1 Å². The first-order valence-corrected chi connectivity index (χ1v) is 11.7. The third kappa shape index (κ3) is 6.26. The smallest absolute Gasteiger partial charge is 0.481 e. The minimum absolute atomic E-state index is 0.0397. The lowest BCUT2D eigenvalue weighted by Gasteiger charge is -2.40. The van der Waals surface area contributed by atoms with Crippen molar-refractivity contribution in [3.8, 4) is 5.75 Å². The molecule has 2 atom stereocenters. The highest BCUT2D eigenvalue weighted by molar-refractivity contribution is 5.81. The molecule has 188 valence electrons. The van der Waals surface area contributed by atoms with E-state index in [0.717, 1.165) is 35.9 Å². The Labute approximate surface area is 202 Å². The SMILES string of the molecule is CC1CC(n2c(Nc3ccc(OC(F)(F)F)cc3)nc3cc(CCC(=O)O)ccc32)CC(C)(C)C1. The Hall–Kier alpha value is -3.23. The molecular formula is C26H30F3N3O3. The summed E-state index contributed by atoms with van der Waals surface area (Å²) in [7, 11) is 0. The van der Waals surface area contributed by atoms with Crippen molar-refractivity contribution in [1.82, 2.24) is 9.55 Å². The zero-order valence-electron chi connectivity index (χ0n) is 20.0. The van der Waals surface area contributed by atoms with Crippen molar-refractivity contribution in [2.45, 2.75) is 65.3 Å². The van der Waals surface area contributed by atoms with Gasteiger partial charge >= 0.3 is 12.3 Å². The van der Waals surface area contributed by atoms with Crippen LogP contribution in [0.25, 0.3) is 11.0 Å². The van der Waals surface area contributed by atoms with Crippen LogP contribution < -0.4 is 10.1 Å². The predicted octanol–water partition coefficient (Wildman–Crippen LogP) is 7.08. The third-order valence-electron chi connectivity index (χ3n) is 6.45. The normalized spacial score (nSPS) is 20.1. The van der Waals surface area contributed by atoms with Gasteiger partial charge in [-0.25, -0.2) is 4.98 Å². The maximum Gasteiger partial charge on any atom is 0.573 e. The van der Waals surface area contributed by atoms with Crippen LogP contribution in [-0.2, 0) is 11.2 Å². The van der Waals surface area contributed by atoms with Gasteiger partial charge in [-0.15, -0.1) is 13.2 Å². The largest absolute Gasteiger partial charge is 0.573 e. The number of hydrogen-bond acceptors (Lipinski definition) is 4. The lowest BCUT2D eigenvalue weighted by molar-refractivity contribution is -0.274. The number of rotatable bonds is 7. The van der Waals surface area contributed by atoms with Gasteiger partial charge in [0.2, 0.25) is 5.95 Å². The molecule has 1 heterocycles. The van der Waals surface area contributed by atoms with Crippen LogP contribution in [0.15, 0.2) is 42.5 Å². The first-order chi connectivity index (χ1) is 16.4. The van der Waals surface area contributed by atoms with Gasteiger partial charge in [-0.1, -0.05) is 26.8 Å². The zero-order chi connectivity index (χ0) is 25.4. The highest BCUT2D eigenvalue weighted by Gasteiger charge is 2.35. The molecule has 1 saturated carbocycles. The zero-order valence-corrected chi connectivity index (χ0v) is 20.0. The van der Waals surface area contributed by atoms with Crippen molar-refractivity contribution in [1.29, 1.82) is 0 Å². The average molecular weight is 490 g/mol. The van der Waals surface area contributed by atoms with E-state index in [0.29, 0.717) is 24.0 Å². The number of carboxylic acid groups (broad SMARTS) is 1. The number of anilines is 2. The lowest BCUT2D eigenvalue weighted by atomic mass is 9.70. The number of halogens is 3. The molecule has 1 aromatic heterocycles. The number of nitrogens with zero attached hydrogens (tertiary/aromatic N) is 2. The molecular weight excluding hydrogens is 459 g/mol. The molecule has 1 aliphatic carbocycles. The first kappa shape index (κ1) is 24.9. The number of ether oxygens (including phenoxy) is 1. The molecule has 0 spiro atoms. The summed E-state index contributed by atoms with van der Waals surface area (Å²) in [6, 6.07) is 11.6. The van der Waals surface area contributed by atoms with Gasteiger partial charge in [-0.2, -0.15) is 0 Å². The van der Waals surface area contributed by atoms with Crippen molar-refractivity contribution in [2.24, 2.45) is 11.3 Å². The molecule has 4 rings (SSSR count). The maximum absolute atomic E-state index is 12.5. The molecule has 2 N–H and O–H groups in total. The lowest BCUT2D eigenvalue weighted by Crippen LogP contribution is -2.29. The molecule has 0 bridgehead atoms. The molecule has 0 saturated heterocycles. The molecule has 0 amide bonds. The standard InChI is InChI=1S/C26H30F3N3O3/c1-16-12-19(15-25(2,3)14-16)32-22-10-4-17(5-11-23(33)34)13-21(22)31-24(32)30-18-6-8-20(9-7-18)35-26(27,28)29/h4,6-10,13,16,19H,5,11-12,14-15H2,1-3H3,(H,30,31)(H,33,34). The van der Waals surface area contributed by atoms with E-state index in [1.165, 1.54) is 24.3 Å². The second-order valence-corrected chi connectivity index (χ2v) is 10.3. The van der Waals surface area contributed by atoms with Gasteiger partial charge in [0.15, 0.2) is 0 Å². The van der Waals surface area contributed by atoms with E-state index >= 15 is 0 Å². The number of aryl methyl sites for hydroxylation is 1. The number of fused-ring (bicyclic) bond motifs is 1. The van der Waals surface area contributed by atoms with Gasteiger partial charge in [-0.3, -0.25) is 4.79 Å². The highest BCUT2D eigenvalue weighted by atomic mass is 19.4. The Morgan fingerprint density at radius 1 is 1.20 bits per heavy atom. The molecule has 0 radical (unpaired) electrons. The van der Waals surface area contributed by atoms with Crippen LogP contribution >= 0.6 is 0 Å². The Bertz CT molecular complexity index is 1200. The van der Waals surface area contributed by atoms with Gasteiger partial charge in [0.05, 0.1) is 11.0 Å². The molecule has 9 heteroatoms. The quantitative estimate of drug-likeness (QED) is 0.371. The maximum atomic E-state index is 12.5. The van der Waals surface area contributed by atoms with Crippen LogP contribution in [0.3, 0.4) is 0 Å². The second kappa shape index (κ2) is 9.43. The summed E-state index contributed by atoms with van der Waals surface area (Å²) in [5, 5.41) is 12.3. The Balaban J connectivity index is 1.70. The topological polar surface area (TPSA) is 76.4 Å². The van der Waals surface area contributed by atoms with E-state index in [1.807, 2.05) is 18.2 Å². The van der Waals surface area contributed by atoms with Crippen LogP contribution in [0.4, 0.5) is 24.8 Å². The van der Waals surface area contributed by atoms with E-state index in [2.05, 4.69) is 35.4 Å². The number of hydrogen-bond donors (Lipinski definition) is 2. The van der Waals surface area contributed by atoms with Gasteiger partial charge in [0.1, 0.15) is 5.75 Å². The Morgan fingerprint density at radius 2 is 1.91 bits per heavy atom. The number of alkyl halides is 3. The second-order valence-electron chi connectivity index (χ2n) is 10.3. The van der Waals surface area contributed by atoms with Crippen LogP contribution in [0.2, 0.25) is 0 Å². The minimum atomic E-state index is -4.74. The summed E-state index contributed by atoms with van der Waals surface area (Å²) in [6.07, 6.45) is -1.20. The summed E-state index contributed by atoms with van der Waals surface area (Å²) in [5.41, 5.74) is 3.34. The average Bonchev–Trinajstić information content (AvgIpc) is 3.08. The number of carboxylic acids is 1. The molecule has 3 aromatic rings. The van der Waals surface area contributed by atoms with Crippen LogP contribution in [0.5, 0.6) is 5.75 Å². The van der Waals surface area contributed by atoms with Crippen LogP contribution in [-0.4, -0.2) is 27.0 Å². The summed E-state index contributed by atoms with van der Waals surface area (Å²) in [5.74, 6) is -0.00528. The Morgan fingerprint density at radius 3 is 2.54 bits per heavy atom. The van der Waals surface area contributed by atoms with Gasteiger partial charge in [0, 0.05) is 18.2 Å². The van der Waals surface area contributed by atoms with Crippen molar-refractivity contribution >= 4 is 28.6 Å². The minimum Gasteiger partial charge on any atom is -0.481 e. The molecule has 35 heavy (non-hydrogen) atoms. The van der Waals surface area contributed by atoms with Gasteiger partial charge < -0.3 is 19.7 Å². The van der Waals surface area contributed by atoms with Crippen molar-refractivity contribution in [2.75, 3.05) is 5.32 Å². The monoisotopic (exact) mass is 489 g/mol. The van der Waals surface area contributed by atoms with E-state index < -0.39 is 12.3 Å². The summed E-state index contributed by atoms with van der Waals surface area (Å²) in [6.45, 7) is 6.79. The van der Waals surface area contributed by atoms with Gasteiger partial charge in [0.25, 0.3) is 0 Å². The summed E-state index contributed by atoms with van der Waals surface area (Å²) < 4.78 is 43.7.